The summed E-state index contributed by atoms with van der Waals surface area (Å²) in [6.45, 7) is 6.23. The molecule has 3 nitrogen and oxygen atoms in total. The van der Waals surface area contributed by atoms with E-state index in [1.54, 1.807) is 0 Å². The third kappa shape index (κ3) is 4.08. The fourth-order valence-corrected chi connectivity index (χ4v) is 1.84. The number of unbranched alkanes of at least 4 members (excludes halogenated alkanes) is 1. The Balaban J connectivity index is 2.13. The van der Waals surface area contributed by atoms with Gasteiger partial charge in [0, 0.05) is 19.6 Å². The molecule has 0 aromatic rings. The summed E-state index contributed by atoms with van der Waals surface area (Å²) >= 11 is 0. The maximum absolute atomic E-state index is 8.44. The summed E-state index contributed by atoms with van der Waals surface area (Å²) in [6, 6.07) is 2.18. The van der Waals surface area contributed by atoms with Crippen molar-refractivity contribution in [1.82, 2.24) is 4.90 Å². The van der Waals surface area contributed by atoms with E-state index in [2.05, 4.69) is 17.9 Å². The van der Waals surface area contributed by atoms with Crippen molar-refractivity contribution in [3.05, 3.63) is 0 Å². The minimum absolute atomic E-state index is 0.442. The van der Waals surface area contributed by atoms with Crippen molar-refractivity contribution < 1.29 is 4.74 Å². The van der Waals surface area contributed by atoms with Gasteiger partial charge < -0.3 is 9.64 Å². The molecule has 1 aliphatic rings. The van der Waals surface area contributed by atoms with Crippen LogP contribution in [0.25, 0.3) is 0 Å². The molecule has 1 unspecified atom stereocenters. The Bertz CT molecular complexity index is 182. The van der Waals surface area contributed by atoms with E-state index in [-0.39, 0.29) is 0 Å². The van der Waals surface area contributed by atoms with E-state index in [0.717, 1.165) is 32.7 Å². The number of nitrogens with zero attached hydrogens (tertiary/aromatic N) is 2. The SMILES string of the molecule is CCN(CCCC#N)CC1CCCO1. The summed E-state index contributed by atoms with van der Waals surface area (Å²) in [7, 11) is 0. The number of ether oxygens (including phenoxy) is 1. The molecule has 1 saturated heterocycles. The minimum Gasteiger partial charge on any atom is -0.377 e. The summed E-state index contributed by atoms with van der Waals surface area (Å²) in [4.78, 5) is 2.38. The third-order valence-electron chi connectivity index (χ3n) is 2.70. The first-order valence-electron chi connectivity index (χ1n) is 5.57. The highest BCUT2D eigenvalue weighted by Gasteiger charge is 2.17. The summed E-state index contributed by atoms with van der Waals surface area (Å²) < 4.78 is 5.58. The van der Waals surface area contributed by atoms with E-state index in [0.29, 0.717) is 12.5 Å². The zero-order valence-electron chi connectivity index (χ0n) is 9.04. The second-order valence-electron chi connectivity index (χ2n) is 3.79. The molecule has 1 rings (SSSR count). The average Bonchev–Trinajstić information content (AvgIpc) is 2.69. The zero-order chi connectivity index (χ0) is 10.2. The van der Waals surface area contributed by atoms with Crippen LogP contribution in [0, 0.1) is 11.3 Å². The monoisotopic (exact) mass is 196 g/mol. The normalized spacial score (nSPS) is 21.4. The van der Waals surface area contributed by atoms with Crippen molar-refractivity contribution in [2.75, 3.05) is 26.2 Å². The Hall–Kier alpha value is -0.590. The average molecular weight is 196 g/mol. The van der Waals surface area contributed by atoms with Crippen LogP contribution in [0.2, 0.25) is 0 Å². The van der Waals surface area contributed by atoms with Gasteiger partial charge in [-0.2, -0.15) is 5.26 Å². The van der Waals surface area contributed by atoms with Crippen molar-refractivity contribution in [2.24, 2.45) is 0 Å². The predicted molar refractivity (Wildman–Crippen MR) is 55.9 cm³/mol. The number of nitriles is 1. The van der Waals surface area contributed by atoms with E-state index in [9.17, 15) is 0 Å². The van der Waals surface area contributed by atoms with E-state index < -0.39 is 0 Å². The second-order valence-corrected chi connectivity index (χ2v) is 3.79. The molecule has 1 aliphatic heterocycles. The van der Waals surface area contributed by atoms with Gasteiger partial charge in [0.25, 0.3) is 0 Å². The first-order chi connectivity index (χ1) is 6.86. The van der Waals surface area contributed by atoms with Gasteiger partial charge in [-0.15, -0.1) is 0 Å². The summed E-state index contributed by atoms with van der Waals surface area (Å²) in [5, 5.41) is 8.44. The molecule has 14 heavy (non-hydrogen) atoms. The summed E-state index contributed by atoms with van der Waals surface area (Å²) in [6.07, 6.45) is 4.51. The smallest absolute Gasteiger partial charge is 0.0702 e. The van der Waals surface area contributed by atoms with Gasteiger partial charge in [-0.25, -0.2) is 0 Å². The van der Waals surface area contributed by atoms with E-state index >= 15 is 0 Å². The van der Waals surface area contributed by atoms with Crippen LogP contribution in [-0.2, 0) is 4.74 Å². The highest BCUT2D eigenvalue weighted by Crippen LogP contribution is 2.13. The maximum atomic E-state index is 8.44. The molecule has 0 amide bonds. The molecule has 0 N–H and O–H groups in total. The van der Waals surface area contributed by atoms with Crippen LogP contribution in [-0.4, -0.2) is 37.2 Å². The maximum Gasteiger partial charge on any atom is 0.0702 e. The van der Waals surface area contributed by atoms with Gasteiger partial charge in [0.1, 0.15) is 0 Å². The molecule has 1 atom stereocenters. The van der Waals surface area contributed by atoms with Crippen LogP contribution < -0.4 is 0 Å². The van der Waals surface area contributed by atoms with Gasteiger partial charge in [0.2, 0.25) is 0 Å². The van der Waals surface area contributed by atoms with Crippen molar-refractivity contribution >= 4 is 0 Å². The van der Waals surface area contributed by atoms with Gasteiger partial charge in [-0.3, -0.25) is 0 Å². The van der Waals surface area contributed by atoms with Crippen LogP contribution in [0.5, 0.6) is 0 Å². The first kappa shape index (κ1) is 11.5. The molecule has 0 bridgehead atoms. The van der Waals surface area contributed by atoms with Gasteiger partial charge in [-0.1, -0.05) is 6.92 Å². The van der Waals surface area contributed by atoms with Crippen LogP contribution in [0.1, 0.15) is 32.6 Å². The summed E-state index contributed by atoms with van der Waals surface area (Å²) in [5.41, 5.74) is 0. The molecule has 80 valence electrons. The molecule has 3 heteroatoms. The van der Waals surface area contributed by atoms with Crippen molar-refractivity contribution in [1.29, 1.82) is 5.26 Å². The first-order valence-corrected chi connectivity index (χ1v) is 5.57. The molecule has 0 radical (unpaired) electrons. The fraction of sp³-hybridized carbons (Fsp3) is 0.909. The van der Waals surface area contributed by atoms with E-state index in [4.69, 9.17) is 10.00 Å². The highest BCUT2D eigenvalue weighted by molar-refractivity contribution is 4.73. The van der Waals surface area contributed by atoms with Crippen molar-refractivity contribution in [3.63, 3.8) is 0 Å². The van der Waals surface area contributed by atoms with E-state index in [1.807, 2.05) is 0 Å². The van der Waals surface area contributed by atoms with Gasteiger partial charge in [0.15, 0.2) is 0 Å². The lowest BCUT2D eigenvalue weighted by atomic mass is 10.2. The van der Waals surface area contributed by atoms with Gasteiger partial charge >= 0.3 is 0 Å². The molecule has 0 aromatic carbocycles. The Kier molecular flexibility index (Phi) is 5.58. The summed E-state index contributed by atoms with van der Waals surface area (Å²) in [5.74, 6) is 0. The molecular weight excluding hydrogens is 176 g/mol. The Morgan fingerprint density at radius 1 is 1.57 bits per heavy atom. The quantitative estimate of drug-likeness (QED) is 0.608. The van der Waals surface area contributed by atoms with Gasteiger partial charge in [-0.05, 0) is 32.4 Å². The van der Waals surface area contributed by atoms with Crippen LogP contribution >= 0.6 is 0 Å². The molecule has 0 aliphatic carbocycles. The Morgan fingerprint density at radius 2 is 2.43 bits per heavy atom. The van der Waals surface area contributed by atoms with Crippen LogP contribution in [0.4, 0.5) is 0 Å². The minimum atomic E-state index is 0.442. The molecule has 1 heterocycles. The standard InChI is InChI=1S/C11H20N2O/c1-2-13(8-4-3-7-12)10-11-6-5-9-14-11/h11H,2-6,8-10H2,1H3. The van der Waals surface area contributed by atoms with Gasteiger partial charge in [0.05, 0.1) is 12.2 Å². The number of rotatable bonds is 6. The number of hydrogen-bond donors (Lipinski definition) is 0. The topological polar surface area (TPSA) is 36.3 Å². The van der Waals surface area contributed by atoms with Crippen molar-refractivity contribution in [2.45, 2.75) is 38.7 Å². The third-order valence-corrected chi connectivity index (χ3v) is 2.70. The molecule has 0 spiro atoms. The Labute approximate surface area is 86.6 Å². The lowest BCUT2D eigenvalue weighted by Crippen LogP contribution is -2.32. The Morgan fingerprint density at radius 3 is 3.00 bits per heavy atom. The largest absolute Gasteiger partial charge is 0.377 e. The van der Waals surface area contributed by atoms with Crippen LogP contribution in [0.15, 0.2) is 0 Å². The molecule has 1 fully saturated rings. The fourth-order valence-electron chi connectivity index (χ4n) is 1.84. The van der Waals surface area contributed by atoms with E-state index in [1.165, 1.54) is 12.8 Å². The van der Waals surface area contributed by atoms with Crippen LogP contribution in [0.3, 0.4) is 0 Å². The highest BCUT2D eigenvalue weighted by atomic mass is 16.5. The lowest BCUT2D eigenvalue weighted by Gasteiger charge is -2.22. The predicted octanol–water partition coefficient (Wildman–Crippen LogP) is 1.79. The molecule has 0 aromatic heterocycles. The van der Waals surface area contributed by atoms with Crippen molar-refractivity contribution in [3.8, 4) is 6.07 Å². The number of likely N-dealkylation sites (N-methyl/N-ethyl adjacent to an activating group) is 1. The number of hydrogen-bond acceptors (Lipinski definition) is 3. The zero-order valence-corrected chi connectivity index (χ0v) is 9.04. The second kappa shape index (κ2) is 6.80. The molecular formula is C11H20N2O. The lowest BCUT2D eigenvalue weighted by molar-refractivity contribution is 0.0746. The molecule has 0 saturated carbocycles.